The number of ether oxygens (including phenoxy) is 2. The van der Waals surface area contributed by atoms with Gasteiger partial charge in [0, 0.05) is 31.5 Å². The van der Waals surface area contributed by atoms with Gasteiger partial charge in [-0.2, -0.15) is 0 Å². The molecule has 9 heteroatoms. The Balaban J connectivity index is 1.67. The van der Waals surface area contributed by atoms with Crippen molar-refractivity contribution in [1.29, 1.82) is 0 Å². The third-order valence-electron chi connectivity index (χ3n) is 4.85. The van der Waals surface area contributed by atoms with Crippen LogP contribution in [0.1, 0.15) is 22.8 Å². The minimum absolute atomic E-state index is 0.00154. The van der Waals surface area contributed by atoms with Gasteiger partial charge in [-0.05, 0) is 37.1 Å². The monoisotopic (exact) mass is 413 g/mol. The second-order valence-electron chi connectivity index (χ2n) is 6.93. The SMILES string of the molecule is COCCNc1ccc(C(=O)OCC(=O)N2c3ccccc3C[C@@H]2C)cc1[N+](=O)[O-]. The number of nitro groups is 1. The molecule has 0 aliphatic carbocycles. The molecule has 0 spiro atoms. The van der Waals surface area contributed by atoms with Crippen LogP contribution in [0.2, 0.25) is 0 Å². The highest BCUT2D eigenvalue weighted by Crippen LogP contribution is 2.32. The van der Waals surface area contributed by atoms with E-state index in [2.05, 4.69) is 5.32 Å². The van der Waals surface area contributed by atoms with E-state index in [0.717, 1.165) is 23.7 Å². The Morgan fingerprint density at radius 3 is 2.77 bits per heavy atom. The predicted molar refractivity (Wildman–Crippen MR) is 111 cm³/mol. The molecule has 1 amide bonds. The molecule has 1 atom stereocenters. The molecule has 158 valence electrons. The Kier molecular flexibility index (Phi) is 6.63. The number of hydrogen-bond acceptors (Lipinski definition) is 7. The third-order valence-corrected chi connectivity index (χ3v) is 4.85. The van der Waals surface area contributed by atoms with Crippen molar-refractivity contribution < 1.29 is 24.0 Å². The first-order valence-corrected chi connectivity index (χ1v) is 9.50. The number of rotatable bonds is 8. The number of benzene rings is 2. The number of nitrogens with one attached hydrogen (secondary N) is 1. The molecule has 0 bridgehead atoms. The van der Waals surface area contributed by atoms with E-state index in [4.69, 9.17) is 9.47 Å². The van der Waals surface area contributed by atoms with Gasteiger partial charge in [-0.15, -0.1) is 0 Å². The highest BCUT2D eigenvalue weighted by atomic mass is 16.6. The zero-order chi connectivity index (χ0) is 21.7. The van der Waals surface area contributed by atoms with E-state index in [9.17, 15) is 19.7 Å². The van der Waals surface area contributed by atoms with Crippen LogP contribution in [-0.2, 0) is 20.7 Å². The van der Waals surface area contributed by atoms with Crippen LogP contribution < -0.4 is 10.2 Å². The molecule has 0 saturated heterocycles. The van der Waals surface area contributed by atoms with Crippen LogP contribution in [0.3, 0.4) is 0 Å². The topological polar surface area (TPSA) is 111 Å². The summed E-state index contributed by atoms with van der Waals surface area (Å²) in [7, 11) is 1.53. The molecule has 1 aliphatic rings. The summed E-state index contributed by atoms with van der Waals surface area (Å²) in [6, 6.07) is 11.5. The van der Waals surface area contributed by atoms with E-state index in [1.54, 1.807) is 4.90 Å². The molecule has 0 aromatic heterocycles. The first-order chi connectivity index (χ1) is 14.4. The van der Waals surface area contributed by atoms with Gasteiger partial charge >= 0.3 is 5.97 Å². The maximum Gasteiger partial charge on any atom is 0.338 e. The fourth-order valence-electron chi connectivity index (χ4n) is 3.47. The van der Waals surface area contributed by atoms with Gasteiger partial charge in [0.1, 0.15) is 5.69 Å². The van der Waals surface area contributed by atoms with Crippen molar-refractivity contribution in [1.82, 2.24) is 0 Å². The maximum atomic E-state index is 12.6. The summed E-state index contributed by atoms with van der Waals surface area (Å²) < 4.78 is 10.1. The highest BCUT2D eigenvalue weighted by Gasteiger charge is 2.31. The molecule has 0 unspecified atom stereocenters. The van der Waals surface area contributed by atoms with Crippen LogP contribution in [0.25, 0.3) is 0 Å². The lowest BCUT2D eigenvalue weighted by Crippen LogP contribution is -2.38. The van der Waals surface area contributed by atoms with Crippen molar-refractivity contribution in [2.75, 3.05) is 37.1 Å². The van der Waals surface area contributed by atoms with Crippen molar-refractivity contribution in [3.63, 3.8) is 0 Å². The van der Waals surface area contributed by atoms with Gasteiger partial charge in [0.05, 0.1) is 17.1 Å². The lowest BCUT2D eigenvalue weighted by Gasteiger charge is -2.22. The van der Waals surface area contributed by atoms with Gasteiger partial charge in [0.25, 0.3) is 11.6 Å². The number of nitrogens with zero attached hydrogens (tertiary/aromatic N) is 2. The zero-order valence-electron chi connectivity index (χ0n) is 16.8. The summed E-state index contributed by atoms with van der Waals surface area (Å²) >= 11 is 0. The van der Waals surface area contributed by atoms with Crippen LogP contribution >= 0.6 is 0 Å². The Morgan fingerprint density at radius 2 is 2.03 bits per heavy atom. The summed E-state index contributed by atoms with van der Waals surface area (Å²) in [6.45, 7) is 2.24. The molecule has 1 heterocycles. The van der Waals surface area contributed by atoms with Crippen molar-refractivity contribution in [3.05, 3.63) is 63.7 Å². The minimum Gasteiger partial charge on any atom is -0.452 e. The smallest absolute Gasteiger partial charge is 0.338 e. The van der Waals surface area contributed by atoms with E-state index >= 15 is 0 Å². The third kappa shape index (κ3) is 4.57. The summed E-state index contributed by atoms with van der Waals surface area (Å²) in [5.41, 5.74) is 1.90. The number of anilines is 2. The molecule has 3 rings (SSSR count). The summed E-state index contributed by atoms with van der Waals surface area (Å²) in [6.07, 6.45) is 0.736. The molecule has 2 aromatic rings. The van der Waals surface area contributed by atoms with Crippen LogP contribution in [-0.4, -0.2) is 49.7 Å². The second kappa shape index (κ2) is 9.36. The Labute approximate surface area is 173 Å². The largest absolute Gasteiger partial charge is 0.452 e. The molecule has 1 aliphatic heterocycles. The number of methoxy groups -OCH3 is 1. The normalized spacial score (nSPS) is 14.9. The van der Waals surface area contributed by atoms with Crippen LogP contribution in [0, 0.1) is 10.1 Å². The first-order valence-electron chi connectivity index (χ1n) is 9.50. The molecule has 30 heavy (non-hydrogen) atoms. The Morgan fingerprint density at radius 1 is 1.27 bits per heavy atom. The van der Waals surface area contributed by atoms with Crippen LogP contribution in [0.15, 0.2) is 42.5 Å². The number of fused-ring (bicyclic) bond motifs is 1. The number of hydrogen-bond donors (Lipinski definition) is 1. The highest BCUT2D eigenvalue weighted by molar-refractivity contribution is 5.99. The van der Waals surface area contributed by atoms with Crippen molar-refractivity contribution in [2.24, 2.45) is 0 Å². The Bertz CT molecular complexity index is 962. The van der Waals surface area contributed by atoms with Gasteiger partial charge in [0.15, 0.2) is 6.61 Å². The maximum absolute atomic E-state index is 12.6. The number of esters is 1. The summed E-state index contributed by atoms with van der Waals surface area (Å²) in [5, 5.41) is 14.2. The molecule has 9 nitrogen and oxygen atoms in total. The number of amides is 1. The first kappa shape index (κ1) is 21.3. The molecule has 1 N–H and O–H groups in total. The summed E-state index contributed by atoms with van der Waals surface area (Å²) in [5.74, 6) is -1.14. The quantitative estimate of drug-likeness (QED) is 0.307. The number of carbonyl (C=O) groups is 2. The number of para-hydroxylation sites is 1. The minimum atomic E-state index is -0.796. The van der Waals surface area contributed by atoms with Crippen molar-refractivity contribution in [3.8, 4) is 0 Å². The van der Waals surface area contributed by atoms with Crippen molar-refractivity contribution >= 4 is 28.9 Å². The molecule has 0 radical (unpaired) electrons. The molecule has 0 saturated carbocycles. The average Bonchev–Trinajstić information content (AvgIpc) is 3.07. The standard InChI is InChI=1S/C21H23N3O6/c1-14-11-15-5-3-4-6-18(15)23(14)20(25)13-30-21(26)16-7-8-17(22-9-10-29-2)19(12-16)24(27)28/h3-8,12,14,22H,9-11,13H2,1-2H3/t14-/m0/s1. The predicted octanol–water partition coefficient (Wildman–Crippen LogP) is 2.79. The van der Waals surface area contributed by atoms with Gasteiger partial charge in [-0.3, -0.25) is 14.9 Å². The fourth-order valence-corrected chi connectivity index (χ4v) is 3.47. The van der Waals surface area contributed by atoms with Gasteiger partial charge in [0.2, 0.25) is 0 Å². The average molecular weight is 413 g/mol. The van der Waals surface area contributed by atoms with Crippen molar-refractivity contribution in [2.45, 2.75) is 19.4 Å². The zero-order valence-corrected chi connectivity index (χ0v) is 16.8. The molecular formula is C21H23N3O6. The summed E-state index contributed by atoms with van der Waals surface area (Å²) in [4.78, 5) is 37.4. The number of nitro benzene ring substituents is 1. The van der Waals surface area contributed by atoms with Crippen LogP contribution in [0.5, 0.6) is 0 Å². The second-order valence-corrected chi connectivity index (χ2v) is 6.93. The van der Waals surface area contributed by atoms with Gasteiger partial charge in [-0.1, -0.05) is 18.2 Å². The Hall–Kier alpha value is -3.46. The number of carbonyl (C=O) groups excluding carboxylic acids is 2. The lowest BCUT2D eigenvalue weighted by molar-refractivity contribution is -0.384. The van der Waals surface area contributed by atoms with E-state index in [0.29, 0.717) is 13.2 Å². The van der Waals surface area contributed by atoms with Gasteiger partial charge < -0.3 is 19.7 Å². The van der Waals surface area contributed by atoms with E-state index < -0.39 is 17.5 Å². The molecular weight excluding hydrogens is 390 g/mol. The van der Waals surface area contributed by atoms with E-state index in [-0.39, 0.29) is 28.9 Å². The van der Waals surface area contributed by atoms with Crippen LogP contribution in [0.4, 0.5) is 17.1 Å². The lowest BCUT2D eigenvalue weighted by atomic mass is 10.1. The van der Waals surface area contributed by atoms with E-state index in [1.807, 2.05) is 31.2 Å². The molecule has 2 aromatic carbocycles. The molecule has 0 fully saturated rings. The van der Waals surface area contributed by atoms with Gasteiger partial charge in [-0.25, -0.2) is 4.79 Å². The fraction of sp³-hybridized carbons (Fsp3) is 0.333. The van der Waals surface area contributed by atoms with E-state index in [1.165, 1.54) is 19.2 Å².